The van der Waals surface area contributed by atoms with Gasteiger partial charge in [0.25, 0.3) is 0 Å². The molecule has 1 aromatic heterocycles. The second kappa shape index (κ2) is 5.81. The van der Waals surface area contributed by atoms with E-state index in [2.05, 4.69) is 80.5 Å². The number of benzene rings is 2. The summed E-state index contributed by atoms with van der Waals surface area (Å²) in [7, 11) is 1.99. The van der Waals surface area contributed by atoms with Gasteiger partial charge in [-0.1, -0.05) is 46.3 Å². The highest BCUT2D eigenvalue weighted by Crippen LogP contribution is 2.23. The first-order valence-electron chi connectivity index (χ1n) is 6.74. The Bertz CT molecular complexity index is 731. The molecule has 0 saturated heterocycles. The van der Waals surface area contributed by atoms with Crippen molar-refractivity contribution in [2.75, 3.05) is 7.05 Å². The van der Waals surface area contributed by atoms with Crippen molar-refractivity contribution < 1.29 is 0 Å². The van der Waals surface area contributed by atoms with Gasteiger partial charge in [0, 0.05) is 34.7 Å². The Labute approximate surface area is 127 Å². The van der Waals surface area contributed by atoms with E-state index in [1.165, 1.54) is 22.0 Å². The number of nitrogens with one attached hydrogen (secondary N) is 1. The van der Waals surface area contributed by atoms with Crippen LogP contribution in [0, 0.1) is 0 Å². The lowest BCUT2D eigenvalue weighted by Gasteiger charge is -2.06. The fourth-order valence-corrected chi connectivity index (χ4v) is 3.06. The molecule has 20 heavy (non-hydrogen) atoms. The van der Waals surface area contributed by atoms with E-state index in [0.29, 0.717) is 0 Å². The van der Waals surface area contributed by atoms with E-state index in [-0.39, 0.29) is 0 Å². The van der Waals surface area contributed by atoms with Crippen molar-refractivity contribution in [1.29, 1.82) is 0 Å². The van der Waals surface area contributed by atoms with Crippen LogP contribution in [0.5, 0.6) is 0 Å². The van der Waals surface area contributed by atoms with Crippen LogP contribution < -0.4 is 5.32 Å². The molecule has 0 atom stereocenters. The summed E-state index contributed by atoms with van der Waals surface area (Å²) in [5, 5.41) is 4.57. The molecule has 1 N–H and O–H groups in total. The summed E-state index contributed by atoms with van der Waals surface area (Å²) in [5.41, 5.74) is 3.94. The van der Waals surface area contributed by atoms with Crippen molar-refractivity contribution >= 4 is 26.8 Å². The molecule has 0 unspecified atom stereocenters. The molecule has 0 bridgehead atoms. The Kier molecular flexibility index (Phi) is 3.90. The Hall–Kier alpha value is -1.58. The first kappa shape index (κ1) is 13.4. The number of fused-ring (bicyclic) bond motifs is 1. The summed E-state index contributed by atoms with van der Waals surface area (Å²) in [6.07, 6.45) is 2.25. The molecule has 0 amide bonds. The maximum absolute atomic E-state index is 3.54. The van der Waals surface area contributed by atoms with Gasteiger partial charge in [-0.2, -0.15) is 0 Å². The second-order valence-electron chi connectivity index (χ2n) is 4.96. The van der Waals surface area contributed by atoms with Crippen molar-refractivity contribution in [1.82, 2.24) is 9.88 Å². The highest BCUT2D eigenvalue weighted by Gasteiger charge is 2.07. The number of nitrogens with zero attached hydrogens (tertiary/aromatic N) is 1. The highest BCUT2D eigenvalue weighted by molar-refractivity contribution is 9.10. The molecule has 0 saturated carbocycles. The maximum Gasteiger partial charge on any atom is 0.0486 e. The lowest BCUT2D eigenvalue weighted by Crippen LogP contribution is -2.04. The minimum Gasteiger partial charge on any atom is -0.343 e. The van der Waals surface area contributed by atoms with Gasteiger partial charge in [-0.15, -0.1) is 0 Å². The number of hydrogen-bond acceptors (Lipinski definition) is 1. The number of halogens is 1. The lowest BCUT2D eigenvalue weighted by atomic mass is 10.2. The van der Waals surface area contributed by atoms with Gasteiger partial charge in [0.05, 0.1) is 0 Å². The molecule has 0 aliphatic carbocycles. The first-order valence-corrected chi connectivity index (χ1v) is 7.53. The smallest absolute Gasteiger partial charge is 0.0486 e. The van der Waals surface area contributed by atoms with Gasteiger partial charge >= 0.3 is 0 Å². The molecule has 0 radical (unpaired) electrons. The minimum absolute atomic E-state index is 0.893. The molecule has 1 heterocycles. The zero-order valence-corrected chi connectivity index (χ0v) is 13.0. The Morgan fingerprint density at radius 1 is 1.10 bits per heavy atom. The zero-order chi connectivity index (χ0) is 13.9. The standard InChI is InChI=1S/C17H17BrN2/c1-19-10-14-12-20(17-8-3-2-7-16(14)17)11-13-5-4-6-15(18)9-13/h2-9,12,19H,10-11H2,1H3. The van der Waals surface area contributed by atoms with E-state index in [0.717, 1.165) is 17.6 Å². The predicted octanol–water partition coefficient (Wildman–Crippen LogP) is 4.17. The normalized spacial score (nSPS) is 11.1. The third kappa shape index (κ3) is 2.65. The average Bonchev–Trinajstić information content (AvgIpc) is 2.78. The number of hydrogen-bond donors (Lipinski definition) is 1. The van der Waals surface area contributed by atoms with Gasteiger partial charge in [-0.05, 0) is 36.4 Å². The van der Waals surface area contributed by atoms with Crippen LogP contribution in [0.2, 0.25) is 0 Å². The molecule has 2 nitrogen and oxygen atoms in total. The summed E-state index contributed by atoms with van der Waals surface area (Å²) >= 11 is 3.54. The highest BCUT2D eigenvalue weighted by atomic mass is 79.9. The van der Waals surface area contributed by atoms with E-state index < -0.39 is 0 Å². The van der Waals surface area contributed by atoms with Crippen molar-refractivity contribution in [3.05, 3.63) is 70.3 Å². The summed E-state index contributed by atoms with van der Waals surface area (Å²) in [5.74, 6) is 0. The van der Waals surface area contributed by atoms with Gasteiger partial charge in [0.1, 0.15) is 0 Å². The Morgan fingerprint density at radius 2 is 1.95 bits per heavy atom. The fourth-order valence-electron chi connectivity index (χ4n) is 2.62. The van der Waals surface area contributed by atoms with Crippen LogP contribution >= 0.6 is 15.9 Å². The molecule has 3 heteroatoms. The summed E-state index contributed by atoms with van der Waals surface area (Å²) in [6.45, 7) is 1.79. The quantitative estimate of drug-likeness (QED) is 0.760. The maximum atomic E-state index is 3.54. The van der Waals surface area contributed by atoms with Crippen LogP contribution in [0.25, 0.3) is 10.9 Å². The molecule has 3 aromatic rings. The van der Waals surface area contributed by atoms with Gasteiger partial charge in [-0.25, -0.2) is 0 Å². The second-order valence-corrected chi connectivity index (χ2v) is 5.88. The van der Waals surface area contributed by atoms with Crippen molar-refractivity contribution in [2.24, 2.45) is 0 Å². The van der Waals surface area contributed by atoms with Crippen LogP contribution in [0.15, 0.2) is 59.2 Å². The van der Waals surface area contributed by atoms with Crippen LogP contribution in [-0.2, 0) is 13.1 Å². The molecule has 0 aliphatic heterocycles. The summed E-state index contributed by atoms with van der Waals surface area (Å²) in [4.78, 5) is 0. The lowest BCUT2D eigenvalue weighted by molar-refractivity contribution is 0.795. The third-order valence-electron chi connectivity index (χ3n) is 3.48. The predicted molar refractivity (Wildman–Crippen MR) is 87.9 cm³/mol. The fraction of sp³-hybridized carbons (Fsp3) is 0.176. The Balaban J connectivity index is 2.03. The average molecular weight is 329 g/mol. The molecule has 102 valence electrons. The summed E-state index contributed by atoms with van der Waals surface area (Å²) < 4.78 is 3.45. The molecule has 2 aromatic carbocycles. The van der Waals surface area contributed by atoms with Gasteiger partial charge < -0.3 is 9.88 Å². The van der Waals surface area contributed by atoms with E-state index in [4.69, 9.17) is 0 Å². The van der Waals surface area contributed by atoms with Crippen molar-refractivity contribution in [3.63, 3.8) is 0 Å². The molecule has 0 aliphatic rings. The Morgan fingerprint density at radius 3 is 2.75 bits per heavy atom. The van der Waals surface area contributed by atoms with Crippen LogP contribution in [0.4, 0.5) is 0 Å². The number of para-hydroxylation sites is 1. The number of aromatic nitrogens is 1. The zero-order valence-electron chi connectivity index (χ0n) is 11.4. The van der Waals surface area contributed by atoms with Crippen LogP contribution in [-0.4, -0.2) is 11.6 Å². The SMILES string of the molecule is CNCc1cn(Cc2cccc(Br)c2)c2ccccc12. The van der Waals surface area contributed by atoms with Crippen molar-refractivity contribution in [3.8, 4) is 0 Å². The third-order valence-corrected chi connectivity index (χ3v) is 3.97. The van der Waals surface area contributed by atoms with Gasteiger partial charge in [0.15, 0.2) is 0 Å². The van der Waals surface area contributed by atoms with Crippen LogP contribution in [0.1, 0.15) is 11.1 Å². The van der Waals surface area contributed by atoms with E-state index >= 15 is 0 Å². The molecule has 0 fully saturated rings. The number of rotatable bonds is 4. The molecular weight excluding hydrogens is 312 g/mol. The van der Waals surface area contributed by atoms with E-state index in [1.54, 1.807) is 0 Å². The van der Waals surface area contributed by atoms with Crippen LogP contribution in [0.3, 0.4) is 0 Å². The molecular formula is C17H17BrN2. The monoisotopic (exact) mass is 328 g/mol. The van der Waals surface area contributed by atoms with E-state index in [1.807, 2.05) is 7.05 Å². The topological polar surface area (TPSA) is 17.0 Å². The largest absolute Gasteiger partial charge is 0.343 e. The first-order chi connectivity index (χ1) is 9.78. The summed E-state index contributed by atoms with van der Waals surface area (Å²) in [6, 6.07) is 17.1. The van der Waals surface area contributed by atoms with Gasteiger partial charge in [-0.3, -0.25) is 0 Å². The van der Waals surface area contributed by atoms with Gasteiger partial charge in [0.2, 0.25) is 0 Å². The van der Waals surface area contributed by atoms with E-state index in [9.17, 15) is 0 Å². The molecule has 3 rings (SSSR count). The van der Waals surface area contributed by atoms with Crippen molar-refractivity contribution in [2.45, 2.75) is 13.1 Å². The minimum atomic E-state index is 0.893. The molecule has 0 spiro atoms.